The third kappa shape index (κ3) is 5.69. The molecule has 4 aliphatic rings. The van der Waals surface area contributed by atoms with Crippen molar-refractivity contribution in [3.05, 3.63) is 39.0 Å². The van der Waals surface area contributed by atoms with Crippen molar-refractivity contribution in [3.8, 4) is 23.2 Å². The van der Waals surface area contributed by atoms with E-state index in [1.165, 1.54) is 6.07 Å². The number of hydrogen-bond donors (Lipinski definition) is 1. The van der Waals surface area contributed by atoms with Gasteiger partial charge in [-0.25, -0.2) is 0 Å². The Balaban J connectivity index is 1.29. The van der Waals surface area contributed by atoms with Crippen LogP contribution in [0.25, 0.3) is 32.1 Å². The fraction of sp³-hybridized carbons (Fsp3) is 0.541. The van der Waals surface area contributed by atoms with E-state index in [9.17, 15) is 9.65 Å². The van der Waals surface area contributed by atoms with Crippen molar-refractivity contribution >= 4 is 43.1 Å². The van der Waals surface area contributed by atoms with Gasteiger partial charge in [-0.1, -0.05) is 0 Å². The van der Waals surface area contributed by atoms with Crippen LogP contribution in [0.2, 0.25) is 0 Å². The summed E-state index contributed by atoms with van der Waals surface area (Å²) in [6.07, 6.45) is 3.54. The Bertz CT molecular complexity index is 2010. The van der Waals surface area contributed by atoms with Crippen LogP contribution < -0.4 is 36.6 Å². The van der Waals surface area contributed by atoms with Gasteiger partial charge in [0.05, 0.1) is 0 Å². The van der Waals surface area contributed by atoms with Crippen molar-refractivity contribution in [2.45, 2.75) is 76.7 Å². The van der Waals surface area contributed by atoms with Crippen LogP contribution in [0.3, 0.4) is 0 Å². The summed E-state index contributed by atoms with van der Waals surface area (Å²) in [5.41, 5.74) is 6.85. The van der Waals surface area contributed by atoms with E-state index in [1.807, 2.05) is 6.07 Å². The van der Waals surface area contributed by atoms with Crippen LogP contribution in [0.5, 0.6) is 6.01 Å². The van der Waals surface area contributed by atoms with Gasteiger partial charge in [0.1, 0.15) is 0 Å². The molecule has 8 nitrogen and oxygen atoms in total. The molecule has 0 spiro atoms. The molecule has 266 valence electrons. The molecule has 2 aromatic carbocycles. The van der Waals surface area contributed by atoms with Gasteiger partial charge in [0.2, 0.25) is 0 Å². The summed E-state index contributed by atoms with van der Waals surface area (Å²) >= 11 is 0.338. The summed E-state index contributed by atoms with van der Waals surface area (Å²) in [7, 11) is 0. The summed E-state index contributed by atoms with van der Waals surface area (Å²) in [6.45, 7) is 10.7. The Kier molecular flexibility index (Phi) is 9.05. The molecule has 2 bridgehead atoms. The first-order chi connectivity index (χ1) is 24.1. The number of rotatable bonds is 9. The Hall–Kier alpha value is -2.93. The molecule has 4 saturated heterocycles. The van der Waals surface area contributed by atoms with E-state index in [2.05, 4.69) is 41.5 Å². The zero-order valence-electron chi connectivity index (χ0n) is 28.6. The predicted molar refractivity (Wildman–Crippen MR) is 188 cm³/mol. The summed E-state index contributed by atoms with van der Waals surface area (Å²) in [6, 6.07) is 7.89. The molecule has 4 aliphatic heterocycles. The Morgan fingerprint density at radius 1 is 1.18 bits per heavy atom. The Morgan fingerprint density at radius 2 is 1.96 bits per heavy atom. The minimum atomic E-state index is -0.901. The molecule has 0 radical (unpaired) electrons. The third-order valence-electron chi connectivity index (χ3n) is 11.1. The first kappa shape index (κ1) is 34.2. The SMILES string of the molecule is CC[I-]c1cc2c(N3CC4CCC(C3)N4CC(C)C)nc(OC[C@@]34CCCN3C[C@H](F)C4)nc2c(F)c1-c1ccc(F)c2sc(N)c(C#N)c12. The molecule has 8 rings (SSSR count). The number of nitriles is 1. The number of fused-ring (bicyclic) bond motifs is 5. The van der Waals surface area contributed by atoms with Crippen LogP contribution in [0, 0.1) is 32.5 Å². The molecule has 2 aromatic heterocycles. The number of halogens is 4. The van der Waals surface area contributed by atoms with Gasteiger partial charge in [-0.2, -0.15) is 0 Å². The molecule has 0 amide bonds. The summed E-state index contributed by atoms with van der Waals surface area (Å²) in [5.74, 6) is 0.191. The molecule has 2 unspecified atom stereocenters. The maximum absolute atomic E-state index is 17.5. The molecule has 4 fully saturated rings. The summed E-state index contributed by atoms with van der Waals surface area (Å²) < 4.78 is 55.6. The molecule has 4 aromatic rings. The molecular formula is C37H42F3IN7OS-. The predicted octanol–water partition coefficient (Wildman–Crippen LogP) is 3.79. The second-order valence-electron chi connectivity index (χ2n) is 14.7. The van der Waals surface area contributed by atoms with Gasteiger partial charge in [0.25, 0.3) is 0 Å². The van der Waals surface area contributed by atoms with Gasteiger partial charge < -0.3 is 0 Å². The van der Waals surface area contributed by atoms with Crippen LogP contribution in [0.1, 0.15) is 58.4 Å². The molecule has 4 atom stereocenters. The van der Waals surface area contributed by atoms with Crippen LogP contribution in [-0.2, 0) is 0 Å². The first-order valence-electron chi connectivity index (χ1n) is 17.7. The van der Waals surface area contributed by atoms with Gasteiger partial charge in [-0.15, -0.1) is 0 Å². The first-order valence-corrected chi connectivity index (χ1v) is 21.1. The fourth-order valence-electron chi connectivity index (χ4n) is 9.00. The van der Waals surface area contributed by atoms with E-state index in [0.29, 0.717) is 58.7 Å². The molecule has 13 heteroatoms. The van der Waals surface area contributed by atoms with Crippen LogP contribution in [-0.4, -0.2) is 87.3 Å². The number of piperazine rings is 1. The Morgan fingerprint density at radius 3 is 2.68 bits per heavy atom. The van der Waals surface area contributed by atoms with Crippen LogP contribution in [0.4, 0.5) is 24.0 Å². The molecular weight excluding hydrogens is 774 g/mol. The van der Waals surface area contributed by atoms with E-state index >= 15 is 8.78 Å². The number of hydrogen-bond acceptors (Lipinski definition) is 9. The minimum absolute atomic E-state index is 0.0810. The van der Waals surface area contributed by atoms with Gasteiger partial charge >= 0.3 is 306 Å². The van der Waals surface area contributed by atoms with E-state index in [-0.39, 0.29) is 33.4 Å². The second-order valence-corrected chi connectivity index (χ2v) is 19.2. The number of nitrogens with zero attached hydrogens (tertiary/aromatic N) is 6. The van der Waals surface area contributed by atoms with Gasteiger partial charge in [0, 0.05) is 0 Å². The van der Waals surface area contributed by atoms with Gasteiger partial charge in [0.15, 0.2) is 0 Å². The number of thiophene rings is 1. The van der Waals surface area contributed by atoms with Crippen molar-refractivity contribution in [2.24, 2.45) is 5.92 Å². The fourth-order valence-corrected chi connectivity index (χ4v) is 12.2. The number of nitrogen functional groups attached to an aromatic ring is 1. The molecule has 6 heterocycles. The van der Waals surface area contributed by atoms with Crippen molar-refractivity contribution in [1.29, 1.82) is 5.26 Å². The van der Waals surface area contributed by atoms with Crippen molar-refractivity contribution in [3.63, 3.8) is 0 Å². The third-order valence-corrected chi connectivity index (χ3v) is 14.5. The van der Waals surface area contributed by atoms with Crippen molar-refractivity contribution in [1.82, 2.24) is 19.8 Å². The number of benzene rings is 2. The monoisotopic (exact) mass is 816 g/mol. The molecule has 0 saturated carbocycles. The number of alkyl halides is 2. The number of aromatic nitrogens is 2. The zero-order chi connectivity index (χ0) is 34.9. The van der Waals surface area contributed by atoms with E-state index in [1.54, 1.807) is 6.07 Å². The summed E-state index contributed by atoms with van der Waals surface area (Å²) in [4.78, 5) is 16.9. The quantitative estimate of drug-likeness (QED) is 0.202. The standard InChI is InChI=1S/C37H42F3IN7OS/c1-4-41-28-12-25-32(31(40)30(28)24-8-9-27(39)33-29(24)26(14-42)34(43)50-33)44-36(49-19-37-10-5-11-47(37)16-21(38)13-37)45-35(25)46-17-22-6-7-23(18-46)48(22)15-20(2)3/h8-9,12,20-23H,4-7,10-11,13,15-19,43H2,1-3H3/q-1/t21-,22?,23?,37+/m1/s1. The summed E-state index contributed by atoms with van der Waals surface area (Å²) in [5, 5.41) is 11.2. The maximum atomic E-state index is 17.5. The average Bonchev–Trinajstić information content (AvgIpc) is 3.77. The van der Waals surface area contributed by atoms with Gasteiger partial charge in [-0.3, -0.25) is 0 Å². The zero-order valence-corrected chi connectivity index (χ0v) is 31.6. The molecule has 0 aliphatic carbocycles. The number of nitrogens with two attached hydrogens (primary N) is 1. The van der Waals surface area contributed by atoms with Crippen molar-refractivity contribution < 1.29 is 39.1 Å². The van der Waals surface area contributed by atoms with Crippen LogP contribution in [0.15, 0.2) is 18.2 Å². The van der Waals surface area contributed by atoms with Gasteiger partial charge in [-0.05, 0) is 0 Å². The number of anilines is 2. The second kappa shape index (κ2) is 13.2. The Labute approximate surface area is 305 Å². The van der Waals surface area contributed by atoms with E-state index in [0.717, 1.165) is 71.2 Å². The topological polar surface area (TPSA) is 94.5 Å². The van der Waals surface area contributed by atoms with E-state index < -0.39 is 44.6 Å². The van der Waals surface area contributed by atoms with Crippen molar-refractivity contribution in [2.75, 3.05) is 54.4 Å². The average molecular weight is 817 g/mol. The van der Waals surface area contributed by atoms with E-state index in [4.69, 9.17) is 20.4 Å². The van der Waals surface area contributed by atoms with Crippen LogP contribution >= 0.6 is 11.3 Å². The number of ether oxygens (including phenoxy) is 1. The normalized spacial score (nSPS) is 25.4. The molecule has 50 heavy (non-hydrogen) atoms. The molecule has 2 N–H and O–H groups in total.